The first-order chi connectivity index (χ1) is 14.6. The third-order valence-electron chi connectivity index (χ3n) is 4.70. The van der Waals surface area contributed by atoms with E-state index in [9.17, 15) is 9.59 Å². The number of aryl methyl sites for hydroxylation is 1. The van der Waals surface area contributed by atoms with E-state index >= 15 is 0 Å². The van der Waals surface area contributed by atoms with E-state index in [0.29, 0.717) is 43.4 Å². The Labute approximate surface area is 173 Å². The molecule has 1 aliphatic heterocycles. The van der Waals surface area contributed by atoms with E-state index in [4.69, 9.17) is 9.47 Å². The van der Waals surface area contributed by atoms with Crippen LogP contribution in [0.15, 0.2) is 54.9 Å². The summed E-state index contributed by atoms with van der Waals surface area (Å²) in [5.74, 6) is -0.233. The van der Waals surface area contributed by atoms with Crippen molar-refractivity contribution in [2.75, 3.05) is 25.1 Å². The highest BCUT2D eigenvalue weighted by molar-refractivity contribution is 6.39. The summed E-state index contributed by atoms with van der Waals surface area (Å²) in [5.41, 5.74) is 3.67. The van der Waals surface area contributed by atoms with E-state index in [2.05, 4.69) is 15.7 Å². The SMILES string of the molecule is Cn1cc(-c2ccc(CCNC(=O)C(=O)Nc3ccc4c(c3)OCCO4)cc2)cn1. The monoisotopic (exact) mass is 406 g/mol. The average Bonchev–Trinajstić information content (AvgIpc) is 3.20. The van der Waals surface area contributed by atoms with Crippen LogP contribution in [-0.4, -0.2) is 41.4 Å². The Kier molecular flexibility index (Phi) is 5.65. The maximum atomic E-state index is 12.1. The van der Waals surface area contributed by atoms with Gasteiger partial charge in [-0.1, -0.05) is 24.3 Å². The van der Waals surface area contributed by atoms with Gasteiger partial charge in [0.25, 0.3) is 0 Å². The van der Waals surface area contributed by atoms with Crippen LogP contribution in [0.2, 0.25) is 0 Å². The van der Waals surface area contributed by atoms with Crippen LogP contribution >= 0.6 is 0 Å². The van der Waals surface area contributed by atoms with Gasteiger partial charge in [0.2, 0.25) is 0 Å². The fraction of sp³-hybridized carbons (Fsp3) is 0.227. The lowest BCUT2D eigenvalue weighted by Crippen LogP contribution is -2.36. The van der Waals surface area contributed by atoms with Gasteiger partial charge in [-0.2, -0.15) is 5.10 Å². The van der Waals surface area contributed by atoms with Gasteiger partial charge in [-0.15, -0.1) is 0 Å². The van der Waals surface area contributed by atoms with Crippen LogP contribution in [0.1, 0.15) is 5.56 Å². The van der Waals surface area contributed by atoms with Crippen LogP contribution in [0.5, 0.6) is 11.5 Å². The van der Waals surface area contributed by atoms with E-state index in [1.54, 1.807) is 22.9 Å². The third-order valence-corrected chi connectivity index (χ3v) is 4.70. The van der Waals surface area contributed by atoms with Crippen LogP contribution in [0.4, 0.5) is 5.69 Å². The lowest BCUT2D eigenvalue weighted by atomic mass is 10.1. The van der Waals surface area contributed by atoms with Crippen molar-refractivity contribution in [2.45, 2.75) is 6.42 Å². The van der Waals surface area contributed by atoms with Gasteiger partial charge in [-0.05, 0) is 29.7 Å². The fourth-order valence-electron chi connectivity index (χ4n) is 3.14. The zero-order valence-corrected chi connectivity index (χ0v) is 16.6. The van der Waals surface area contributed by atoms with Gasteiger partial charge in [0, 0.05) is 37.1 Å². The summed E-state index contributed by atoms with van der Waals surface area (Å²) < 4.78 is 12.7. The van der Waals surface area contributed by atoms with Gasteiger partial charge in [0.05, 0.1) is 6.20 Å². The van der Waals surface area contributed by atoms with Gasteiger partial charge in [0.1, 0.15) is 13.2 Å². The van der Waals surface area contributed by atoms with E-state index in [1.165, 1.54) is 0 Å². The third kappa shape index (κ3) is 4.60. The van der Waals surface area contributed by atoms with E-state index < -0.39 is 11.8 Å². The minimum absolute atomic E-state index is 0.361. The quantitative estimate of drug-likeness (QED) is 0.633. The number of anilines is 1. The molecule has 2 aromatic carbocycles. The first kappa shape index (κ1) is 19.5. The number of aromatic nitrogens is 2. The van der Waals surface area contributed by atoms with E-state index in [1.807, 2.05) is 43.7 Å². The van der Waals surface area contributed by atoms with Crippen molar-refractivity contribution < 1.29 is 19.1 Å². The number of rotatable bonds is 5. The molecule has 0 saturated carbocycles. The number of carbonyl (C=O) groups is 2. The molecule has 1 aromatic heterocycles. The van der Waals surface area contributed by atoms with Gasteiger partial charge in [-0.3, -0.25) is 14.3 Å². The summed E-state index contributed by atoms with van der Waals surface area (Å²) in [6.07, 6.45) is 4.39. The molecule has 4 rings (SSSR count). The Morgan fingerprint density at radius 1 is 1.00 bits per heavy atom. The first-order valence-electron chi connectivity index (χ1n) is 9.65. The van der Waals surface area contributed by atoms with Crippen LogP contribution in [0, 0.1) is 0 Å². The second kappa shape index (κ2) is 8.69. The highest BCUT2D eigenvalue weighted by atomic mass is 16.6. The molecular formula is C22H22N4O4. The summed E-state index contributed by atoms with van der Waals surface area (Å²) in [7, 11) is 1.88. The summed E-state index contributed by atoms with van der Waals surface area (Å²) in [6.45, 7) is 1.31. The summed E-state index contributed by atoms with van der Waals surface area (Å²) in [5, 5.41) is 9.39. The maximum Gasteiger partial charge on any atom is 0.313 e. The zero-order chi connectivity index (χ0) is 20.9. The van der Waals surface area contributed by atoms with Crippen LogP contribution in [-0.2, 0) is 23.1 Å². The molecular weight excluding hydrogens is 384 g/mol. The van der Waals surface area contributed by atoms with Crippen molar-refractivity contribution in [1.82, 2.24) is 15.1 Å². The van der Waals surface area contributed by atoms with Gasteiger partial charge in [-0.25, -0.2) is 0 Å². The number of nitrogens with zero attached hydrogens (tertiary/aromatic N) is 2. The molecule has 154 valence electrons. The molecule has 30 heavy (non-hydrogen) atoms. The van der Waals surface area contributed by atoms with Crippen molar-refractivity contribution in [3.63, 3.8) is 0 Å². The topological polar surface area (TPSA) is 94.5 Å². The minimum Gasteiger partial charge on any atom is -0.486 e. The molecule has 0 unspecified atom stereocenters. The molecule has 0 bridgehead atoms. The van der Waals surface area contributed by atoms with E-state index in [0.717, 1.165) is 16.7 Å². The predicted molar refractivity (Wildman–Crippen MR) is 111 cm³/mol. The second-order valence-electron chi connectivity index (χ2n) is 6.92. The number of carbonyl (C=O) groups excluding carboxylic acids is 2. The second-order valence-corrected chi connectivity index (χ2v) is 6.92. The normalized spacial score (nSPS) is 12.3. The smallest absolute Gasteiger partial charge is 0.313 e. The molecule has 8 nitrogen and oxygen atoms in total. The van der Waals surface area contributed by atoms with Gasteiger partial charge in [0.15, 0.2) is 11.5 Å². The van der Waals surface area contributed by atoms with Crippen LogP contribution < -0.4 is 20.1 Å². The molecule has 1 aliphatic rings. The summed E-state index contributed by atoms with van der Waals surface area (Å²) in [6, 6.07) is 13.1. The minimum atomic E-state index is -0.724. The number of fused-ring (bicyclic) bond motifs is 1. The number of amides is 2. The lowest BCUT2D eigenvalue weighted by Gasteiger charge is -2.18. The predicted octanol–water partition coefficient (Wildman–Crippen LogP) is 2.16. The summed E-state index contributed by atoms with van der Waals surface area (Å²) >= 11 is 0. The van der Waals surface area contributed by atoms with Crippen molar-refractivity contribution >= 4 is 17.5 Å². The molecule has 0 saturated heterocycles. The van der Waals surface area contributed by atoms with Crippen molar-refractivity contribution in [1.29, 1.82) is 0 Å². The Balaban J connectivity index is 1.25. The summed E-state index contributed by atoms with van der Waals surface area (Å²) in [4.78, 5) is 24.2. The largest absolute Gasteiger partial charge is 0.486 e. The Bertz CT molecular complexity index is 1060. The first-order valence-corrected chi connectivity index (χ1v) is 9.65. The molecule has 0 aliphatic carbocycles. The van der Waals surface area contributed by atoms with Gasteiger partial charge >= 0.3 is 11.8 Å². The highest BCUT2D eigenvalue weighted by Crippen LogP contribution is 2.32. The number of ether oxygens (including phenoxy) is 2. The van der Waals surface area contributed by atoms with Crippen molar-refractivity contribution in [3.05, 3.63) is 60.4 Å². The van der Waals surface area contributed by atoms with Gasteiger partial charge < -0.3 is 20.1 Å². The highest BCUT2D eigenvalue weighted by Gasteiger charge is 2.16. The number of hydrogen-bond acceptors (Lipinski definition) is 5. The van der Waals surface area contributed by atoms with Crippen molar-refractivity contribution in [2.24, 2.45) is 7.05 Å². The molecule has 0 radical (unpaired) electrons. The van der Waals surface area contributed by atoms with Crippen molar-refractivity contribution in [3.8, 4) is 22.6 Å². The number of nitrogens with one attached hydrogen (secondary N) is 2. The fourth-order valence-corrected chi connectivity index (χ4v) is 3.14. The maximum absolute atomic E-state index is 12.1. The number of benzene rings is 2. The standard InChI is InChI=1S/C22H22N4O4/c1-26-14-17(13-24-26)16-4-2-15(3-5-16)8-9-23-21(27)22(28)25-18-6-7-19-20(12-18)30-11-10-29-19/h2-7,12-14H,8-11H2,1H3,(H,23,27)(H,25,28). The lowest BCUT2D eigenvalue weighted by molar-refractivity contribution is -0.136. The van der Waals surface area contributed by atoms with Crippen LogP contribution in [0.25, 0.3) is 11.1 Å². The molecule has 3 aromatic rings. The Hall–Kier alpha value is -3.81. The van der Waals surface area contributed by atoms with Crippen LogP contribution in [0.3, 0.4) is 0 Å². The molecule has 2 heterocycles. The molecule has 0 spiro atoms. The molecule has 2 amide bonds. The molecule has 8 heteroatoms. The Morgan fingerprint density at radius 3 is 2.50 bits per heavy atom. The molecule has 0 fully saturated rings. The molecule has 0 atom stereocenters. The number of hydrogen-bond donors (Lipinski definition) is 2. The zero-order valence-electron chi connectivity index (χ0n) is 16.6. The Morgan fingerprint density at radius 2 is 1.77 bits per heavy atom. The average molecular weight is 406 g/mol. The molecule has 2 N–H and O–H groups in total. The van der Waals surface area contributed by atoms with E-state index in [-0.39, 0.29) is 0 Å².